The fourth-order valence-corrected chi connectivity index (χ4v) is 1.72. The van der Waals surface area contributed by atoms with E-state index in [0.29, 0.717) is 10.7 Å². The van der Waals surface area contributed by atoms with Gasteiger partial charge in [0.25, 0.3) is 0 Å². The molecule has 2 nitrogen and oxygen atoms in total. The van der Waals surface area contributed by atoms with Gasteiger partial charge in [-0.05, 0) is 42.3 Å². The highest BCUT2D eigenvalue weighted by atomic mass is 35.5. The van der Waals surface area contributed by atoms with Crippen LogP contribution in [-0.4, -0.2) is 5.11 Å². The van der Waals surface area contributed by atoms with E-state index < -0.39 is 0 Å². The Balaban J connectivity index is 2.56. The van der Waals surface area contributed by atoms with Crippen molar-refractivity contribution in [1.29, 1.82) is 0 Å². The van der Waals surface area contributed by atoms with E-state index in [-0.39, 0.29) is 5.75 Å². The molecule has 0 fully saturated rings. The number of nitrogens with two attached hydrogens (primary N) is 1. The van der Waals surface area contributed by atoms with Crippen molar-refractivity contribution >= 4 is 17.3 Å². The van der Waals surface area contributed by atoms with Crippen molar-refractivity contribution in [2.24, 2.45) is 0 Å². The SMILES string of the molecule is Cc1cc(-c2ccc(N)cc2)c(O)cc1Cl. The normalized spacial score (nSPS) is 10.4. The lowest BCUT2D eigenvalue weighted by Crippen LogP contribution is -1.86. The lowest BCUT2D eigenvalue weighted by Gasteiger charge is -2.08. The van der Waals surface area contributed by atoms with Crippen LogP contribution in [0.5, 0.6) is 5.75 Å². The van der Waals surface area contributed by atoms with Crippen LogP contribution in [0, 0.1) is 6.92 Å². The number of hydrogen-bond acceptors (Lipinski definition) is 2. The maximum absolute atomic E-state index is 9.82. The third kappa shape index (κ3) is 1.97. The van der Waals surface area contributed by atoms with Gasteiger partial charge in [0.2, 0.25) is 0 Å². The highest BCUT2D eigenvalue weighted by molar-refractivity contribution is 6.31. The van der Waals surface area contributed by atoms with Crippen molar-refractivity contribution in [2.45, 2.75) is 6.92 Å². The highest BCUT2D eigenvalue weighted by Gasteiger charge is 2.07. The Morgan fingerprint density at radius 2 is 1.75 bits per heavy atom. The van der Waals surface area contributed by atoms with Gasteiger partial charge in [-0.15, -0.1) is 0 Å². The van der Waals surface area contributed by atoms with E-state index in [2.05, 4.69) is 0 Å². The smallest absolute Gasteiger partial charge is 0.124 e. The van der Waals surface area contributed by atoms with Crippen molar-refractivity contribution in [3.8, 4) is 16.9 Å². The number of anilines is 1. The van der Waals surface area contributed by atoms with Crippen LogP contribution in [0.15, 0.2) is 36.4 Å². The van der Waals surface area contributed by atoms with Crippen LogP contribution in [0.2, 0.25) is 5.02 Å². The van der Waals surface area contributed by atoms with Crippen molar-refractivity contribution in [1.82, 2.24) is 0 Å². The van der Waals surface area contributed by atoms with Crippen LogP contribution in [0.4, 0.5) is 5.69 Å². The highest BCUT2D eigenvalue weighted by Crippen LogP contribution is 2.33. The summed E-state index contributed by atoms with van der Waals surface area (Å²) < 4.78 is 0. The van der Waals surface area contributed by atoms with Crippen LogP contribution in [0.25, 0.3) is 11.1 Å². The molecule has 3 N–H and O–H groups in total. The monoisotopic (exact) mass is 233 g/mol. The summed E-state index contributed by atoms with van der Waals surface area (Å²) in [5.41, 5.74) is 8.94. The Hall–Kier alpha value is -1.67. The average molecular weight is 234 g/mol. The van der Waals surface area contributed by atoms with Crippen molar-refractivity contribution in [3.63, 3.8) is 0 Å². The van der Waals surface area contributed by atoms with Gasteiger partial charge in [-0.25, -0.2) is 0 Å². The zero-order valence-corrected chi connectivity index (χ0v) is 9.62. The molecular formula is C13H12ClNO. The lowest BCUT2D eigenvalue weighted by molar-refractivity contribution is 0.477. The molecule has 0 saturated carbocycles. The quantitative estimate of drug-likeness (QED) is 0.740. The van der Waals surface area contributed by atoms with E-state index in [9.17, 15) is 5.11 Å². The van der Waals surface area contributed by atoms with Gasteiger partial charge < -0.3 is 10.8 Å². The number of nitrogen functional groups attached to an aromatic ring is 1. The van der Waals surface area contributed by atoms with E-state index >= 15 is 0 Å². The molecule has 0 bridgehead atoms. The summed E-state index contributed by atoms with van der Waals surface area (Å²) in [6, 6.07) is 10.8. The number of halogens is 1. The molecule has 0 spiro atoms. The molecule has 0 aromatic heterocycles. The molecule has 2 aromatic rings. The van der Waals surface area contributed by atoms with Crippen LogP contribution >= 0.6 is 11.6 Å². The summed E-state index contributed by atoms with van der Waals surface area (Å²) in [7, 11) is 0. The fraction of sp³-hybridized carbons (Fsp3) is 0.0769. The fourth-order valence-electron chi connectivity index (χ4n) is 1.56. The Labute approximate surface area is 99.3 Å². The minimum absolute atomic E-state index is 0.181. The Kier molecular flexibility index (Phi) is 2.75. The van der Waals surface area contributed by atoms with Gasteiger partial charge in [0.05, 0.1) is 0 Å². The summed E-state index contributed by atoms with van der Waals surface area (Å²) in [6.07, 6.45) is 0. The van der Waals surface area contributed by atoms with Gasteiger partial charge in [-0.3, -0.25) is 0 Å². The number of hydrogen-bond donors (Lipinski definition) is 2. The summed E-state index contributed by atoms with van der Waals surface area (Å²) in [5, 5.41) is 10.4. The summed E-state index contributed by atoms with van der Waals surface area (Å²) >= 11 is 5.92. The third-order valence-electron chi connectivity index (χ3n) is 2.50. The van der Waals surface area contributed by atoms with E-state index in [4.69, 9.17) is 17.3 Å². The van der Waals surface area contributed by atoms with Crippen LogP contribution in [-0.2, 0) is 0 Å². The first-order chi connectivity index (χ1) is 7.58. The minimum atomic E-state index is 0.181. The summed E-state index contributed by atoms with van der Waals surface area (Å²) in [4.78, 5) is 0. The van der Waals surface area contributed by atoms with Gasteiger partial charge in [0, 0.05) is 16.3 Å². The standard InChI is InChI=1S/C13H12ClNO/c1-8-6-11(13(16)7-12(8)14)9-2-4-10(15)5-3-9/h2-7,16H,15H2,1H3. The zero-order valence-electron chi connectivity index (χ0n) is 8.87. The van der Waals surface area contributed by atoms with Crippen molar-refractivity contribution < 1.29 is 5.11 Å². The molecule has 0 amide bonds. The van der Waals surface area contributed by atoms with E-state index in [1.54, 1.807) is 18.2 Å². The molecule has 2 rings (SSSR count). The predicted molar refractivity (Wildman–Crippen MR) is 67.7 cm³/mol. The number of aromatic hydroxyl groups is 1. The van der Waals surface area contributed by atoms with Gasteiger partial charge >= 0.3 is 0 Å². The van der Waals surface area contributed by atoms with Gasteiger partial charge in [0.15, 0.2) is 0 Å². The van der Waals surface area contributed by atoms with Crippen LogP contribution in [0.1, 0.15) is 5.56 Å². The van der Waals surface area contributed by atoms with Crippen LogP contribution in [0.3, 0.4) is 0 Å². The maximum Gasteiger partial charge on any atom is 0.124 e. The molecular weight excluding hydrogens is 222 g/mol. The molecule has 0 radical (unpaired) electrons. The molecule has 2 aromatic carbocycles. The number of phenols is 1. The Bertz CT molecular complexity index is 520. The maximum atomic E-state index is 9.82. The molecule has 0 unspecified atom stereocenters. The first-order valence-electron chi connectivity index (χ1n) is 4.93. The first-order valence-corrected chi connectivity index (χ1v) is 5.31. The molecule has 3 heteroatoms. The number of phenolic OH excluding ortho intramolecular Hbond substituents is 1. The van der Waals surface area contributed by atoms with Gasteiger partial charge in [0.1, 0.15) is 5.75 Å². The van der Waals surface area contributed by atoms with Crippen molar-refractivity contribution in [2.75, 3.05) is 5.73 Å². The number of benzene rings is 2. The van der Waals surface area contributed by atoms with E-state index in [0.717, 1.165) is 16.7 Å². The minimum Gasteiger partial charge on any atom is -0.507 e. The second-order valence-electron chi connectivity index (χ2n) is 3.74. The number of aryl methyl sites for hydroxylation is 1. The third-order valence-corrected chi connectivity index (χ3v) is 2.91. The van der Waals surface area contributed by atoms with Gasteiger partial charge in [-0.2, -0.15) is 0 Å². The molecule has 0 aliphatic rings. The average Bonchev–Trinajstić information content (AvgIpc) is 2.25. The summed E-state index contributed by atoms with van der Waals surface area (Å²) in [5.74, 6) is 0.181. The molecule has 0 atom stereocenters. The summed E-state index contributed by atoms with van der Waals surface area (Å²) in [6.45, 7) is 1.91. The second kappa shape index (κ2) is 4.06. The Morgan fingerprint density at radius 1 is 1.12 bits per heavy atom. The molecule has 0 heterocycles. The molecule has 0 aliphatic heterocycles. The van der Waals surface area contributed by atoms with Crippen molar-refractivity contribution in [3.05, 3.63) is 47.0 Å². The zero-order chi connectivity index (χ0) is 11.7. The molecule has 0 aliphatic carbocycles. The largest absolute Gasteiger partial charge is 0.507 e. The number of rotatable bonds is 1. The molecule has 0 saturated heterocycles. The topological polar surface area (TPSA) is 46.2 Å². The molecule has 82 valence electrons. The van der Waals surface area contributed by atoms with Crippen LogP contribution < -0.4 is 5.73 Å². The predicted octanol–water partition coefficient (Wildman–Crippen LogP) is 3.60. The van der Waals surface area contributed by atoms with E-state index in [1.807, 2.05) is 25.1 Å². The Morgan fingerprint density at radius 3 is 2.38 bits per heavy atom. The molecule has 16 heavy (non-hydrogen) atoms. The lowest BCUT2D eigenvalue weighted by atomic mass is 10.0. The second-order valence-corrected chi connectivity index (χ2v) is 4.15. The van der Waals surface area contributed by atoms with Gasteiger partial charge in [-0.1, -0.05) is 23.7 Å². The van der Waals surface area contributed by atoms with E-state index in [1.165, 1.54) is 0 Å². The first kappa shape index (κ1) is 10.8.